The second kappa shape index (κ2) is 6.31. The molecular formula is C20H20N2O. The maximum Gasteiger partial charge on any atom is 0.193 e. The number of aryl methyl sites for hydroxylation is 1. The van der Waals surface area contributed by atoms with Gasteiger partial charge in [0.1, 0.15) is 0 Å². The number of hydrogen-bond acceptors (Lipinski definition) is 3. The van der Waals surface area contributed by atoms with Gasteiger partial charge in [-0.15, -0.1) is 0 Å². The summed E-state index contributed by atoms with van der Waals surface area (Å²) in [6.45, 7) is 4.01. The first-order valence-electron chi connectivity index (χ1n) is 7.87. The van der Waals surface area contributed by atoms with Gasteiger partial charge in [-0.2, -0.15) is 0 Å². The van der Waals surface area contributed by atoms with Gasteiger partial charge >= 0.3 is 0 Å². The Morgan fingerprint density at radius 1 is 1.17 bits per heavy atom. The Morgan fingerprint density at radius 2 is 2.00 bits per heavy atom. The summed E-state index contributed by atoms with van der Waals surface area (Å²) in [5, 5.41) is 1.91. The van der Waals surface area contributed by atoms with Crippen molar-refractivity contribution in [1.82, 2.24) is 4.98 Å². The van der Waals surface area contributed by atoms with Crippen molar-refractivity contribution in [1.29, 1.82) is 0 Å². The zero-order valence-corrected chi connectivity index (χ0v) is 13.4. The summed E-state index contributed by atoms with van der Waals surface area (Å²) in [6, 6.07) is 13.5. The van der Waals surface area contributed by atoms with Crippen molar-refractivity contribution in [2.75, 3.05) is 0 Å². The monoisotopic (exact) mass is 304 g/mol. The molecule has 1 aromatic heterocycles. The van der Waals surface area contributed by atoms with Crippen LogP contribution in [0.4, 0.5) is 0 Å². The van der Waals surface area contributed by atoms with Gasteiger partial charge in [0.15, 0.2) is 5.78 Å². The lowest BCUT2D eigenvalue weighted by Gasteiger charge is -2.13. The molecule has 116 valence electrons. The lowest BCUT2D eigenvalue weighted by molar-refractivity contribution is 0.103. The van der Waals surface area contributed by atoms with Crippen LogP contribution in [0.1, 0.15) is 46.9 Å². The average Bonchev–Trinajstić information content (AvgIpc) is 2.60. The summed E-state index contributed by atoms with van der Waals surface area (Å²) in [6.07, 6.45) is 4.30. The molecule has 0 aliphatic rings. The van der Waals surface area contributed by atoms with Crippen LogP contribution in [0.3, 0.4) is 0 Å². The molecule has 2 aromatic carbocycles. The standard InChI is InChI=1S/C20H20N2O/c1-3-14-11-15(13(2)21)7-8-18(14)20(23)19-6-4-5-16-12-22-10-9-17(16)19/h4-13H,3,21H2,1-2H3/t13-/m1/s1. The first-order valence-corrected chi connectivity index (χ1v) is 7.87. The third-order valence-electron chi connectivity index (χ3n) is 4.21. The lowest BCUT2D eigenvalue weighted by atomic mass is 9.92. The highest BCUT2D eigenvalue weighted by atomic mass is 16.1. The topological polar surface area (TPSA) is 56.0 Å². The van der Waals surface area contributed by atoms with E-state index in [9.17, 15) is 4.79 Å². The van der Waals surface area contributed by atoms with Crippen molar-refractivity contribution >= 4 is 16.6 Å². The van der Waals surface area contributed by atoms with E-state index >= 15 is 0 Å². The molecular weight excluding hydrogens is 284 g/mol. The normalized spacial score (nSPS) is 12.3. The van der Waals surface area contributed by atoms with Gasteiger partial charge in [-0.05, 0) is 35.9 Å². The number of ketones is 1. The third-order valence-corrected chi connectivity index (χ3v) is 4.21. The SMILES string of the molecule is CCc1cc([C@@H](C)N)ccc1C(=O)c1cccc2cnccc12. The predicted molar refractivity (Wildman–Crippen MR) is 93.6 cm³/mol. The highest BCUT2D eigenvalue weighted by Gasteiger charge is 2.16. The fourth-order valence-corrected chi connectivity index (χ4v) is 2.88. The van der Waals surface area contributed by atoms with Crippen molar-refractivity contribution in [3.63, 3.8) is 0 Å². The van der Waals surface area contributed by atoms with Crippen LogP contribution in [-0.2, 0) is 6.42 Å². The third kappa shape index (κ3) is 2.88. The largest absolute Gasteiger partial charge is 0.324 e. The molecule has 3 rings (SSSR count). The Morgan fingerprint density at radius 3 is 2.74 bits per heavy atom. The second-order valence-electron chi connectivity index (χ2n) is 5.79. The minimum absolute atomic E-state index is 0.0342. The number of nitrogens with two attached hydrogens (primary N) is 1. The van der Waals surface area contributed by atoms with E-state index < -0.39 is 0 Å². The minimum Gasteiger partial charge on any atom is -0.324 e. The van der Waals surface area contributed by atoms with Gasteiger partial charge in [-0.3, -0.25) is 9.78 Å². The molecule has 0 saturated heterocycles. The summed E-state index contributed by atoms with van der Waals surface area (Å²) >= 11 is 0. The zero-order chi connectivity index (χ0) is 16.4. The Balaban J connectivity index is 2.13. The Kier molecular flexibility index (Phi) is 4.22. The van der Waals surface area contributed by atoms with Gasteiger partial charge in [-0.1, -0.05) is 43.3 Å². The van der Waals surface area contributed by atoms with E-state index in [0.29, 0.717) is 5.56 Å². The molecule has 3 aromatic rings. The number of hydrogen-bond donors (Lipinski definition) is 1. The maximum atomic E-state index is 13.1. The molecule has 2 N–H and O–H groups in total. The number of pyridine rings is 1. The number of fused-ring (bicyclic) bond motifs is 1. The highest BCUT2D eigenvalue weighted by molar-refractivity contribution is 6.16. The fourth-order valence-electron chi connectivity index (χ4n) is 2.88. The Hall–Kier alpha value is -2.52. The van der Waals surface area contributed by atoms with Gasteiger partial charge in [0.25, 0.3) is 0 Å². The van der Waals surface area contributed by atoms with E-state index in [-0.39, 0.29) is 11.8 Å². The molecule has 0 unspecified atom stereocenters. The van der Waals surface area contributed by atoms with Crippen molar-refractivity contribution in [3.8, 4) is 0 Å². The number of carbonyl (C=O) groups excluding carboxylic acids is 1. The number of aromatic nitrogens is 1. The van der Waals surface area contributed by atoms with Crippen LogP contribution in [0.5, 0.6) is 0 Å². The first-order chi connectivity index (χ1) is 11.1. The molecule has 0 amide bonds. The van der Waals surface area contributed by atoms with Crippen LogP contribution in [0.25, 0.3) is 10.8 Å². The summed E-state index contributed by atoms with van der Waals surface area (Å²) in [5.41, 5.74) is 9.52. The van der Waals surface area contributed by atoms with Crippen LogP contribution in [0.2, 0.25) is 0 Å². The molecule has 1 atom stereocenters. The number of benzene rings is 2. The van der Waals surface area contributed by atoms with Crippen LogP contribution >= 0.6 is 0 Å². The molecule has 3 nitrogen and oxygen atoms in total. The van der Waals surface area contributed by atoms with Crippen molar-refractivity contribution in [2.24, 2.45) is 5.73 Å². The number of carbonyl (C=O) groups is 1. The van der Waals surface area contributed by atoms with Crippen LogP contribution < -0.4 is 5.73 Å². The first kappa shape index (κ1) is 15.4. The van der Waals surface area contributed by atoms with E-state index in [1.807, 2.05) is 49.4 Å². The molecule has 0 aliphatic heterocycles. The molecule has 0 saturated carbocycles. The molecule has 23 heavy (non-hydrogen) atoms. The molecule has 0 radical (unpaired) electrons. The van der Waals surface area contributed by atoms with E-state index in [1.54, 1.807) is 12.4 Å². The molecule has 1 heterocycles. The molecule has 0 aliphatic carbocycles. The van der Waals surface area contributed by atoms with Crippen LogP contribution in [0.15, 0.2) is 54.9 Å². The molecule has 0 spiro atoms. The van der Waals surface area contributed by atoms with Crippen LogP contribution in [0, 0.1) is 0 Å². The number of rotatable bonds is 4. The van der Waals surface area contributed by atoms with Gasteiger partial charge in [0.05, 0.1) is 0 Å². The summed E-state index contributed by atoms with van der Waals surface area (Å²) in [7, 11) is 0. The minimum atomic E-state index is -0.0342. The van der Waals surface area contributed by atoms with Gasteiger partial charge in [-0.25, -0.2) is 0 Å². The van der Waals surface area contributed by atoms with E-state index in [0.717, 1.165) is 33.9 Å². The van der Waals surface area contributed by atoms with E-state index in [2.05, 4.69) is 11.9 Å². The Labute approximate surface area is 136 Å². The summed E-state index contributed by atoms with van der Waals surface area (Å²) in [4.78, 5) is 17.2. The van der Waals surface area contributed by atoms with E-state index in [1.165, 1.54) is 0 Å². The fraction of sp³-hybridized carbons (Fsp3) is 0.200. The predicted octanol–water partition coefficient (Wildman–Crippen LogP) is 4.05. The van der Waals surface area contributed by atoms with Crippen molar-refractivity contribution in [2.45, 2.75) is 26.3 Å². The maximum absolute atomic E-state index is 13.1. The van der Waals surface area contributed by atoms with Crippen molar-refractivity contribution in [3.05, 3.63) is 77.1 Å². The summed E-state index contributed by atoms with van der Waals surface area (Å²) < 4.78 is 0. The smallest absolute Gasteiger partial charge is 0.193 e. The lowest BCUT2D eigenvalue weighted by Crippen LogP contribution is -2.10. The average molecular weight is 304 g/mol. The molecule has 0 bridgehead atoms. The Bertz CT molecular complexity index is 863. The van der Waals surface area contributed by atoms with Gasteiger partial charge in [0, 0.05) is 34.9 Å². The van der Waals surface area contributed by atoms with Gasteiger partial charge < -0.3 is 5.73 Å². The molecule has 3 heteroatoms. The van der Waals surface area contributed by atoms with Crippen LogP contribution in [-0.4, -0.2) is 10.8 Å². The quantitative estimate of drug-likeness (QED) is 0.740. The van der Waals surface area contributed by atoms with Gasteiger partial charge in [0.2, 0.25) is 0 Å². The van der Waals surface area contributed by atoms with E-state index in [4.69, 9.17) is 5.73 Å². The highest BCUT2D eigenvalue weighted by Crippen LogP contribution is 2.24. The number of nitrogens with zero attached hydrogens (tertiary/aromatic N) is 1. The zero-order valence-electron chi connectivity index (χ0n) is 13.4. The van der Waals surface area contributed by atoms with Crippen molar-refractivity contribution < 1.29 is 4.79 Å². The second-order valence-corrected chi connectivity index (χ2v) is 5.79. The molecule has 0 fully saturated rings. The summed E-state index contributed by atoms with van der Waals surface area (Å²) in [5.74, 6) is 0.0508.